The fourth-order valence-electron chi connectivity index (χ4n) is 4.17. The predicted octanol–water partition coefficient (Wildman–Crippen LogP) is 8.56. The lowest BCUT2D eigenvalue weighted by molar-refractivity contribution is 0.414. The van der Waals surface area contributed by atoms with Gasteiger partial charge in [-0.05, 0) is 24.0 Å². The molecule has 1 aromatic rings. The fraction of sp³-hybridized carbons (Fsp3) is 0.769. The molecule has 0 spiro atoms. The zero-order valence-electron chi connectivity index (χ0n) is 18.0. The zero-order valence-corrected chi connectivity index (χ0v) is 18.0. The number of ether oxygens (including phenoxy) is 1. The van der Waals surface area contributed by atoms with Crippen LogP contribution in [0.4, 0.5) is 0 Å². The number of unbranched alkanes of at least 4 members (excludes halogenated alkanes) is 15. The molecule has 1 unspecified atom stereocenters. The summed E-state index contributed by atoms with van der Waals surface area (Å²) in [6, 6.07) is 8.86. The molecule has 1 nitrogen and oxygen atoms in total. The molecule has 0 bridgehead atoms. The molecule has 1 fully saturated rings. The van der Waals surface area contributed by atoms with Gasteiger partial charge in [-0.3, -0.25) is 0 Å². The van der Waals surface area contributed by atoms with Gasteiger partial charge < -0.3 is 4.74 Å². The predicted molar refractivity (Wildman–Crippen MR) is 118 cm³/mol. The van der Waals surface area contributed by atoms with Crippen LogP contribution < -0.4 is 0 Å². The van der Waals surface area contributed by atoms with Crippen molar-refractivity contribution in [3.63, 3.8) is 0 Å². The van der Waals surface area contributed by atoms with Gasteiger partial charge in [-0.25, -0.2) is 0 Å². The van der Waals surface area contributed by atoms with Gasteiger partial charge in [-0.15, -0.1) is 0 Å². The first kappa shape index (κ1) is 22.5. The van der Waals surface area contributed by atoms with Crippen LogP contribution in [-0.2, 0) is 11.2 Å². The minimum atomic E-state index is 0.405. The van der Waals surface area contributed by atoms with Crippen molar-refractivity contribution in [2.75, 3.05) is 6.61 Å². The molecule has 0 saturated carbocycles. The maximum atomic E-state index is 5.47. The van der Waals surface area contributed by atoms with Crippen molar-refractivity contribution in [2.24, 2.45) is 0 Å². The first-order valence-corrected chi connectivity index (χ1v) is 12.1. The van der Waals surface area contributed by atoms with E-state index in [0.717, 1.165) is 6.61 Å². The molecule has 1 atom stereocenters. The Morgan fingerprint density at radius 2 is 1.11 bits per heavy atom. The molecular weight excluding hydrogens is 328 g/mol. The third kappa shape index (κ3) is 10.9. The fourth-order valence-corrected chi connectivity index (χ4v) is 4.17. The number of epoxide rings is 1. The van der Waals surface area contributed by atoms with E-state index in [2.05, 4.69) is 31.2 Å². The van der Waals surface area contributed by atoms with Crippen LogP contribution in [0.2, 0.25) is 0 Å². The van der Waals surface area contributed by atoms with E-state index >= 15 is 0 Å². The minimum absolute atomic E-state index is 0.405. The first-order valence-electron chi connectivity index (χ1n) is 12.1. The highest BCUT2D eigenvalue weighted by atomic mass is 16.6. The molecule has 1 aromatic carbocycles. The Morgan fingerprint density at radius 3 is 1.59 bits per heavy atom. The largest absolute Gasteiger partial charge is 0.368 e. The van der Waals surface area contributed by atoms with Crippen molar-refractivity contribution in [3.05, 3.63) is 35.4 Å². The van der Waals surface area contributed by atoms with Gasteiger partial charge in [-0.1, -0.05) is 128 Å². The third-order valence-corrected chi connectivity index (χ3v) is 6.03. The molecule has 0 N–H and O–H groups in total. The van der Waals surface area contributed by atoms with Gasteiger partial charge in [0, 0.05) is 0 Å². The van der Waals surface area contributed by atoms with E-state index in [4.69, 9.17) is 4.74 Å². The summed E-state index contributed by atoms with van der Waals surface area (Å²) in [5.74, 6) is 0. The van der Waals surface area contributed by atoms with Crippen LogP contribution in [0, 0.1) is 0 Å². The molecule has 27 heavy (non-hydrogen) atoms. The average Bonchev–Trinajstić information content (AvgIpc) is 3.53. The zero-order chi connectivity index (χ0) is 19.0. The molecule has 154 valence electrons. The van der Waals surface area contributed by atoms with Crippen molar-refractivity contribution in [1.29, 1.82) is 0 Å². The molecule has 1 heteroatoms. The van der Waals surface area contributed by atoms with Gasteiger partial charge in [0.25, 0.3) is 0 Å². The molecule has 1 aliphatic heterocycles. The highest BCUT2D eigenvalue weighted by molar-refractivity contribution is 5.31. The maximum absolute atomic E-state index is 5.47. The first-order chi connectivity index (χ1) is 13.4. The summed E-state index contributed by atoms with van der Waals surface area (Å²) in [5, 5.41) is 0. The summed E-state index contributed by atoms with van der Waals surface area (Å²) in [7, 11) is 0. The van der Waals surface area contributed by atoms with Crippen LogP contribution in [0.15, 0.2) is 24.3 Å². The summed E-state index contributed by atoms with van der Waals surface area (Å²) in [5.41, 5.74) is 2.96. The highest BCUT2D eigenvalue weighted by Crippen LogP contribution is 2.32. The summed E-state index contributed by atoms with van der Waals surface area (Å²) < 4.78 is 5.47. The van der Waals surface area contributed by atoms with Crippen molar-refractivity contribution >= 4 is 0 Å². The lowest BCUT2D eigenvalue weighted by Gasteiger charge is -2.07. The Labute approximate surface area is 169 Å². The van der Waals surface area contributed by atoms with E-state index in [-0.39, 0.29) is 0 Å². The molecule has 1 aliphatic rings. The lowest BCUT2D eigenvalue weighted by atomic mass is 9.98. The van der Waals surface area contributed by atoms with Crippen LogP contribution in [-0.4, -0.2) is 6.61 Å². The topological polar surface area (TPSA) is 12.5 Å². The Balaban J connectivity index is 1.32. The second kappa shape index (κ2) is 15.1. The smallest absolute Gasteiger partial charge is 0.106 e. The van der Waals surface area contributed by atoms with Gasteiger partial charge >= 0.3 is 0 Å². The summed E-state index contributed by atoms with van der Waals surface area (Å²) >= 11 is 0. The second-order valence-electron chi connectivity index (χ2n) is 8.57. The third-order valence-electron chi connectivity index (χ3n) is 6.03. The number of aryl methyl sites for hydroxylation is 1. The second-order valence-corrected chi connectivity index (χ2v) is 8.57. The maximum Gasteiger partial charge on any atom is 0.106 e. The van der Waals surface area contributed by atoms with Gasteiger partial charge in [0.2, 0.25) is 0 Å². The van der Waals surface area contributed by atoms with E-state index in [1.165, 1.54) is 120 Å². The van der Waals surface area contributed by atoms with Crippen LogP contribution in [0.1, 0.15) is 127 Å². The lowest BCUT2D eigenvalue weighted by Crippen LogP contribution is -1.93. The SMILES string of the molecule is CCCCCCCCCCCCCCCCCCc1ccccc1C1CO1. The van der Waals surface area contributed by atoms with Crippen molar-refractivity contribution < 1.29 is 4.74 Å². The molecule has 0 aliphatic carbocycles. The minimum Gasteiger partial charge on any atom is -0.368 e. The molecule has 1 heterocycles. The Bertz CT molecular complexity index is 463. The number of hydrogen-bond donors (Lipinski definition) is 0. The number of benzene rings is 1. The van der Waals surface area contributed by atoms with Crippen LogP contribution >= 0.6 is 0 Å². The molecule has 2 rings (SSSR count). The molecule has 0 amide bonds. The van der Waals surface area contributed by atoms with Crippen LogP contribution in [0.25, 0.3) is 0 Å². The molecular formula is C26H44O. The normalized spacial score (nSPS) is 16.0. The molecule has 1 saturated heterocycles. The monoisotopic (exact) mass is 372 g/mol. The van der Waals surface area contributed by atoms with E-state index in [1.807, 2.05) is 0 Å². The van der Waals surface area contributed by atoms with E-state index in [9.17, 15) is 0 Å². The van der Waals surface area contributed by atoms with Gasteiger partial charge in [-0.2, -0.15) is 0 Å². The highest BCUT2D eigenvalue weighted by Gasteiger charge is 2.26. The van der Waals surface area contributed by atoms with Crippen LogP contribution in [0.5, 0.6) is 0 Å². The van der Waals surface area contributed by atoms with Crippen molar-refractivity contribution in [3.8, 4) is 0 Å². The Kier molecular flexibility index (Phi) is 12.6. The van der Waals surface area contributed by atoms with E-state index < -0.39 is 0 Å². The quantitative estimate of drug-likeness (QED) is 0.186. The molecule has 0 aromatic heterocycles. The molecule has 0 radical (unpaired) electrons. The van der Waals surface area contributed by atoms with Gasteiger partial charge in [0.15, 0.2) is 0 Å². The Hall–Kier alpha value is -0.820. The van der Waals surface area contributed by atoms with E-state index in [1.54, 1.807) is 0 Å². The van der Waals surface area contributed by atoms with Crippen LogP contribution in [0.3, 0.4) is 0 Å². The number of hydrogen-bond acceptors (Lipinski definition) is 1. The van der Waals surface area contributed by atoms with Crippen molar-refractivity contribution in [1.82, 2.24) is 0 Å². The standard InChI is InChI=1S/C26H44O/c1-2-3-4-5-6-7-8-9-10-11-12-13-14-15-16-17-20-24-21-18-19-22-25(24)26-23-27-26/h18-19,21-22,26H,2-17,20,23H2,1H3. The van der Waals surface area contributed by atoms with Gasteiger partial charge in [0.05, 0.1) is 6.61 Å². The number of rotatable bonds is 18. The summed E-state index contributed by atoms with van der Waals surface area (Å²) in [4.78, 5) is 0. The summed E-state index contributed by atoms with van der Waals surface area (Å²) in [6.45, 7) is 3.22. The Morgan fingerprint density at radius 1 is 0.667 bits per heavy atom. The van der Waals surface area contributed by atoms with Gasteiger partial charge in [0.1, 0.15) is 6.10 Å². The average molecular weight is 373 g/mol. The summed E-state index contributed by atoms with van der Waals surface area (Å²) in [6.07, 6.45) is 24.6. The van der Waals surface area contributed by atoms with Crippen molar-refractivity contribution in [2.45, 2.75) is 122 Å². The van der Waals surface area contributed by atoms with E-state index in [0.29, 0.717) is 6.10 Å².